The molecule has 0 radical (unpaired) electrons. The molecule has 2 aromatic rings. The molecule has 1 fully saturated rings. The monoisotopic (exact) mass is 482 g/mol. The van der Waals surface area contributed by atoms with Crippen molar-refractivity contribution in [1.29, 1.82) is 0 Å². The molecule has 188 valence electrons. The minimum atomic E-state index is -0.327. The molecule has 1 amide bonds. The molecule has 2 aromatic carbocycles. The molecule has 35 heavy (non-hydrogen) atoms. The van der Waals surface area contributed by atoms with Gasteiger partial charge in [-0.05, 0) is 61.6 Å². The Bertz CT molecular complexity index is 1170. The third-order valence-corrected chi connectivity index (χ3v) is 6.65. The number of fused-ring (bicyclic) bond motifs is 3. The topological polar surface area (TPSA) is 86.3 Å². The van der Waals surface area contributed by atoms with E-state index < -0.39 is 0 Å². The molecule has 2 aliphatic rings. The molecule has 8 heteroatoms. The van der Waals surface area contributed by atoms with Crippen molar-refractivity contribution in [3.05, 3.63) is 45.6 Å². The minimum absolute atomic E-state index is 0.0196. The predicted octanol–water partition coefficient (Wildman–Crippen LogP) is 3.48. The van der Waals surface area contributed by atoms with Gasteiger partial charge < -0.3 is 29.2 Å². The van der Waals surface area contributed by atoms with Crippen LogP contribution in [0.2, 0.25) is 0 Å². The number of nitrogens with one attached hydrogen (secondary N) is 1. The van der Waals surface area contributed by atoms with Gasteiger partial charge in [0.05, 0.1) is 45.3 Å². The number of anilines is 1. The molecule has 1 heterocycles. The molecule has 1 N–H and O–H groups in total. The van der Waals surface area contributed by atoms with Gasteiger partial charge in [0.1, 0.15) is 0 Å². The first kappa shape index (κ1) is 24.9. The first-order valence-corrected chi connectivity index (χ1v) is 11.9. The molecule has 2 unspecified atom stereocenters. The third kappa shape index (κ3) is 4.80. The van der Waals surface area contributed by atoms with Crippen LogP contribution in [0.15, 0.2) is 29.1 Å². The lowest BCUT2D eigenvalue weighted by Crippen LogP contribution is -2.46. The summed E-state index contributed by atoms with van der Waals surface area (Å²) in [5.74, 6) is 1.46. The number of carbonyl (C=O) groups excluding carboxylic acids is 1. The van der Waals surface area contributed by atoms with Crippen molar-refractivity contribution in [2.24, 2.45) is 0 Å². The van der Waals surface area contributed by atoms with Crippen molar-refractivity contribution in [3.8, 4) is 28.4 Å². The number of hydrogen-bond acceptors (Lipinski definition) is 7. The summed E-state index contributed by atoms with van der Waals surface area (Å²) in [5, 5.41) is 3.05. The van der Waals surface area contributed by atoms with Gasteiger partial charge in [0.25, 0.3) is 0 Å². The summed E-state index contributed by atoms with van der Waals surface area (Å²) in [4.78, 5) is 27.8. The maximum absolute atomic E-state index is 13.6. The SMILES string of the molecule is COc1cc2c(c(OC)c1OC)-c1ccc(N3CC(C)OC(C)C3)c(=O)cc1[C@@H](NC(C)=O)CC2. The summed E-state index contributed by atoms with van der Waals surface area (Å²) in [6.45, 7) is 6.79. The van der Waals surface area contributed by atoms with Gasteiger partial charge in [0, 0.05) is 25.6 Å². The van der Waals surface area contributed by atoms with E-state index in [0.717, 1.165) is 22.3 Å². The lowest BCUT2D eigenvalue weighted by Gasteiger charge is -2.36. The van der Waals surface area contributed by atoms with Crippen molar-refractivity contribution < 1.29 is 23.7 Å². The summed E-state index contributed by atoms with van der Waals surface area (Å²) in [5.41, 5.74) is 3.95. The molecule has 0 saturated carbocycles. The van der Waals surface area contributed by atoms with Crippen LogP contribution in [0.25, 0.3) is 11.1 Å². The molecule has 1 saturated heterocycles. The molecule has 0 bridgehead atoms. The molecule has 1 aliphatic carbocycles. The van der Waals surface area contributed by atoms with Gasteiger partial charge in [-0.3, -0.25) is 9.59 Å². The number of benzene rings is 1. The Hall–Kier alpha value is -3.26. The van der Waals surface area contributed by atoms with Crippen LogP contribution in [0.5, 0.6) is 17.2 Å². The largest absolute Gasteiger partial charge is 0.493 e. The van der Waals surface area contributed by atoms with E-state index in [0.29, 0.717) is 48.9 Å². The van der Waals surface area contributed by atoms with E-state index >= 15 is 0 Å². The maximum atomic E-state index is 13.6. The van der Waals surface area contributed by atoms with Crippen LogP contribution in [-0.4, -0.2) is 52.5 Å². The highest BCUT2D eigenvalue weighted by Crippen LogP contribution is 2.50. The van der Waals surface area contributed by atoms with Crippen LogP contribution < -0.4 is 29.9 Å². The average Bonchev–Trinajstić information content (AvgIpc) is 3.05. The maximum Gasteiger partial charge on any atom is 0.217 e. The number of morpholine rings is 1. The molecule has 8 nitrogen and oxygen atoms in total. The van der Waals surface area contributed by atoms with Gasteiger partial charge in [-0.1, -0.05) is 6.07 Å². The van der Waals surface area contributed by atoms with E-state index in [1.807, 2.05) is 32.0 Å². The highest BCUT2D eigenvalue weighted by Gasteiger charge is 2.30. The lowest BCUT2D eigenvalue weighted by molar-refractivity contribution is -0.119. The highest BCUT2D eigenvalue weighted by atomic mass is 16.5. The molecule has 3 atom stereocenters. The number of amides is 1. The Morgan fingerprint density at radius 3 is 2.31 bits per heavy atom. The first-order valence-electron chi connectivity index (χ1n) is 11.9. The highest BCUT2D eigenvalue weighted by molar-refractivity contribution is 5.83. The van der Waals surface area contributed by atoms with E-state index in [1.54, 1.807) is 27.4 Å². The summed E-state index contributed by atoms with van der Waals surface area (Å²) in [6.07, 6.45) is 1.33. The summed E-state index contributed by atoms with van der Waals surface area (Å²) in [7, 11) is 4.76. The smallest absolute Gasteiger partial charge is 0.217 e. The van der Waals surface area contributed by atoms with E-state index in [-0.39, 0.29) is 29.6 Å². The number of ether oxygens (including phenoxy) is 4. The molecular weight excluding hydrogens is 448 g/mol. The van der Waals surface area contributed by atoms with Crippen LogP contribution in [0.1, 0.15) is 44.4 Å². The number of nitrogens with zero attached hydrogens (tertiary/aromatic N) is 1. The number of carbonyl (C=O) groups is 1. The van der Waals surface area contributed by atoms with E-state index in [4.69, 9.17) is 18.9 Å². The zero-order chi connectivity index (χ0) is 25.3. The van der Waals surface area contributed by atoms with Crippen LogP contribution in [0.4, 0.5) is 5.69 Å². The van der Waals surface area contributed by atoms with Gasteiger partial charge in [-0.2, -0.15) is 0 Å². The van der Waals surface area contributed by atoms with Crippen molar-refractivity contribution in [2.45, 2.75) is 51.9 Å². The normalized spacial score (nSPS) is 21.3. The predicted molar refractivity (Wildman–Crippen MR) is 135 cm³/mol. The summed E-state index contributed by atoms with van der Waals surface area (Å²) in [6, 6.07) is 7.13. The van der Waals surface area contributed by atoms with Crippen LogP contribution in [0, 0.1) is 0 Å². The fourth-order valence-electron chi connectivity index (χ4n) is 5.34. The molecule has 0 spiro atoms. The van der Waals surface area contributed by atoms with E-state index in [1.165, 1.54) is 6.92 Å². The van der Waals surface area contributed by atoms with E-state index in [2.05, 4.69) is 10.2 Å². The van der Waals surface area contributed by atoms with Gasteiger partial charge >= 0.3 is 0 Å². The summed E-state index contributed by atoms with van der Waals surface area (Å²) < 4.78 is 22.9. The minimum Gasteiger partial charge on any atom is -0.493 e. The summed E-state index contributed by atoms with van der Waals surface area (Å²) >= 11 is 0. The zero-order valence-electron chi connectivity index (χ0n) is 21.3. The van der Waals surface area contributed by atoms with Crippen molar-refractivity contribution >= 4 is 11.6 Å². The second kappa shape index (κ2) is 10.2. The molecular formula is C27H34N2O6. The van der Waals surface area contributed by atoms with Crippen LogP contribution >= 0.6 is 0 Å². The number of hydrogen-bond donors (Lipinski definition) is 1. The third-order valence-electron chi connectivity index (χ3n) is 6.65. The number of aryl methyl sites for hydroxylation is 1. The Labute approximate surface area is 206 Å². The zero-order valence-corrected chi connectivity index (χ0v) is 21.3. The van der Waals surface area contributed by atoms with Gasteiger partial charge in [0.2, 0.25) is 17.1 Å². The van der Waals surface area contributed by atoms with Crippen molar-refractivity contribution in [1.82, 2.24) is 5.32 Å². The Morgan fingerprint density at radius 2 is 1.71 bits per heavy atom. The van der Waals surface area contributed by atoms with Crippen LogP contribution in [0.3, 0.4) is 0 Å². The fourth-order valence-corrected chi connectivity index (χ4v) is 5.34. The van der Waals surface area contributed by atoms with Gasteiger partial charge in [0.15, 0.2) is 11.5 Å². The standard InChI is InChI=1S/C27H34N2O6/c1-15-13-29(14-16(2)35-15)22-10-8-19-20(12-23(22)31)21(28-17(3)30)9-7-18-11-24(32-4)26(33-5)27(34-6)25(18)19/h8,10-12,15-16,21H,7,9,13-14H2,1-6H3,(H,28,30)/t15?,16?,21-/m0/s1. The second-order valence-corrected chi connectivity index (χ2v) is 9.23. The molecule has 0 aromatic heterocycles. The average molecular weight is 483 g/mol. The van der Waals surface area contributed by atoms with Crippen molar-refractivity contribution in [3.63, 3.8) is 0 Å². The van der Waals surface area contributed by atoms with Crippen molar-refractivity contribution in [2.75, 3.05) is 39.3 Å². The Balaban J connectivity index is 1.99. The van der Waals surface area contributed by atoms with Crippen LogP contribution in [-0.2, 0) is 16.0 Å². The number of methoxy groups -OCH3 is 3. The lowest BCUT2D eigenvalue weighted by atomic mass is 9.95. The second-order valence-electron chi connectivity index (χ2n) is 9.23. The van der Waals surface area contributed by atoms with Gasteiger partial charge in [-0.25, -0.2) is 0 Å². The molecule has 4 rings (SSSR count). The van der Waals surface area contributed by atoms with E-state index in [9.17, 15) is 9.59 Å². The molecule has 1 aliphatic heterocycles. The fraction of sp³-hybridized carbons (Fsp3) is 0.481. The first-order chi connectivity index (χ1) is 16.8. The van der Waals surface area contributed by atoms with Gasteiger partial charge in [-0.15, -0.1) is 0 Å². The quantitative estimate of drug-likeness (QED) is 0.698. The Kier molecular flexibility index (Phi) is 7.21. The Morgan fingerprint density at radius 1 is 1.03 bits per heavy atom. The number of rotatable bonds is 5.